The van der Waals surface area contributed by atoms with Gasteiger partial charge in [-0.1, -0.05) is 24.3 Å². The summed E-state index contributed by atoms with van der Waals surface area (Å²) >= 11 is 0. The molecule has 0 saturated heterocycles. The van der Waals surface area contributed by atoms with Crippen molar-refractivity contribution in [3.8, 4) is 11.5 Å². The van der Waals surface area contributed by atoms with E-state index >= 15 is 0 Å². The molecule has 0 fully saturated rings. The quantitative estimate of drug-likeness (QED) is 0.522. The monoisotopic (exact) mass is 348 g/mol. The van der Waals surface area contributed by atoms with Crippen LogP contribution in [-0.2, 0) is 0 Å². The fourth-order valence-corrected chi connectivity index (χ4v) is 2.36. The summed E-state index contributed by atoms with van der Waals surface area (Å²) in [4.78, 5) is 22.6. The summed E-state index contributed by atoms with van der Waals surface area (Å²) in [5.41, 5.74) is 2.09. The van der Waals surface area contributed by atoms with Crippen molar-refractivity contribution in [2.75, 3.05) is 5.32 Å². The molecule has 1 amide bonds. The van der Waals surface area contributed by atoms with Gasteiger partial charge in [0, 0.05) is 29.4 Å². The van der Waals surface area contributed by atoms with Crippen LogP contribution in [0.3, 0.4) is 0 Å². The fourth-order valence-electron chi connectivity index (χ4n) is 2.36. The molecule has 6 heteroatoms. The van der Waals surface area contributed by atoms with Crippen LogP contribution in [0.2, 0.25) is 0 Å². The minimum Gasteiger partial charge on any atom is -0.457 e. The van der Waals surface area contributed by atoms with Crippen molar-refractivity contribution >= 4 is 17.3 Å². The molecule has 0 saturated carbocycles. The van der Waals surface area contributed by atoms with Crippen molar-refractivity contribution in [3.05, 3.63) is 94.0 Å². The van der Waals surface area contributed by atoms with Gasteiger partial charge >= 0.3 is 0 Å². The van der Waals surface area contributed by atoms with Crippen LogP contribution in [0.25, 0.3) is 0 Å². The molecule has 0 heterocycles. The lowest BCUT2D eigenvalue weighted by molar-refractivity contribution is -0.384. The first-order valence-electron chi connectivity index (χ1n) is 7.92. The van der Waals surface area contributed by atoms with Gasteiger partial charge in [-0.2, -0.15) is 0 Å². The van der Waals surface area contributed by atoms with Gasteiger partial charge in [0.2, 0.25) is 0 Å². The Morgan fingerprint density at radius 2 is 1.62 bits per heavy atom. The van der Waals surface area contributed by atoms with Crippen LogP contribution >= 0.6 is 0 Å². The average Bonchev–Trinajstić information content (AvgIpc) is 2.65. The normalized spacial score (nSPS) is 10.2. The smallest absolute Gasteiger partial charge is 0.269 e. The number of anilines is 1. The van der Waals surface area contributed by atoms with E-state index in [2.05, 4.69) is 5.32 Å². The lowest BCUT2D eigenvalue weighted by atomic mass is 10.1. The molecule has 3 aromatic carbocycles. The van der Waals surface area contributed by atoms with Crippen LogP contribution in [0.5, 0.6) is 11.5 Å². The zero-order valence-electron chi connectivity index (χ0n) is 14.0. The number of hydrogen-bond donors (Lipinski definition) is 1. The van der Waals surface area contributed by atoms with Gasteiger partial charge in [0.1, 0.15) is 11.5 Å². The van der Waals surface area contributed by atoms with E-state index in [0.717, 1.165) is 5.56 Å². The van der Waals surface area contributed by atoms with Crippen LogP contribution < -0.4 is 10.1 Å². The first kappa shape index (κ1) is 17.2. The number of amides is 1. The largest absolute Gasteiger partial charge is 0.457 e. The van der Waals surface area contributed by atoms with E-state index < -0.39 is 4.92 Å². The molecule has 0 atom stereocenters. The Balaban J connectivity index is 1.77. The molecule has 0 radical (unpaired) electrons. The molecule has 6 nitrogen and oxygen atoms in total. The Hall–Kier alpha value is -3.67. The number of carbonyl (C=O) groups is 1. The summed E-state index contributed by atoms with van der Waals surface area (Å²) in [5, 5.41) is 13.6. The predicted octanol–water partition coefficient (Wildman–Crippen LogP) is 4.95. The third-order valence-corrected chi connectivity index (χ3v) is 3.78. The molecule has 0 aliphatic carbocycles. The van der Waals surface area contributed by atoms with Crippen molar-refractivity contribution < 1.29 is 14.5 Å². The highest BCUT2D eigenvalue weighted by Crippen LogP contribution is 2.28. The summed E-state index contributed by atoms with van der Waals surface area (Å²) in [6.45, 7) is 1.89. The van der Waals surface area contributed by atoms with Gasteiger partial charge < -0.3 is 10.1 Å². The first-order valence-corrected chi connectivity index (χ1v) is 7.92. The number of nitro benzene ring substituents is 1. The van der Waals surface area contributed by atoms with Crippen molar-refractivity contribution in [2.45, 2.75) is 6.92 Å². The lowest BCUT2D eigenvalue weighted by Gasteiger charge is -2.11. The molecule has 0 unspecified atom stereocenters. The molecule has 130 valence electrons. The molecule has 26 heavy (non-hydrogen) atoms. The molecule has 3 aromatic rings. The number of rotatable bonds is 5. The van der Waals surface area contributed by atoms with Gasteiger partial charge in [-0.3, -0.25) is 14.9 Å². The van der Waals surface area contributed by atoms with Gasteiger partial charge in [-0.15, -0.1) is 0 Å². The fraction of sp³-hybridized carbons (Fsp3) is 0.0500. The second-order valence-electron chi connectivity index (χ2n) is 5.65. The van der Waals surface area contributed by atoms with E-state index in [-0.39, 0.29) is 11.6 Å². The number of nitrogens with one attached hydrogen (secondary N) is 1. The Bertz CT molecular complexity index is 938. The highest BCUT2D eigenvalue weighted by Gasteiger charge is 2.09. The summed E-state index contributed by atoms with van der Waals surface area (Å²) in [7, 11) is 0. The van der Waals surface area contributed by atoms with Crippen LogP contribution in [0, 0.1) is 17.0 Å². The van der Waals surface area contributed by atoms with Crippen LogP contribution in [0.1, 0.15) is 15.9 Å². The lowest BCUT2D eigenvalue weighted by Crippen LogP contribution is -2.12. The number of benzene rings is 3. The molecule has 0 aromatic heterocycles. The van der Waals surface area contributed by atoms with Crippen LogP contribution in [0.4, 0.5) is 11.4 Å². The summed E-state index contributed by atoms with van der Waals surface area (Å²) in [6.07, 6.45) is 0. The van der Waals surface area contributed by atoms with E-state index in [1.807, 2.05) is 19.1 Å². The number of ether oxygens (including phenoxy) is 1. The number of aryl methyl sites for hydroxylation is 1. The van der Waals surface area contributed by atoms with E-state index in [4.69, 9.17) is 4.74 Å². The maximum Gasteiger partial charge on any atom is 0.269 e. The van der Waals surface area contributed by atoms with E-state index in [9.17, 15) is 14.9 Å². The number of carbonyl (C=O) groups excluding carboxylic acids is 1. The number of non-ortho nitro benzene ring substituents is 1. The number of nitrogens with zero attached hydrogens (tertiary/aromatic N) is 1. The summed E-state index contributed by atoms with van der Waals surface area (Å²) < 4.78 is 5.72. The molecular formula is C20H16N2O4. The van der Waals surface area contributed by atoms with E-state index in [0.29, 0.717) is 22.7 Å². The standard InChI is InChI=1S/C20H16N2O4/c1-14-7-10-18(26-17-11-8-16(9-12-17)22(24)25)13-19(14)21-20(23)15-5-3-2-4-6-15/h2-13H,1H3,(H,21,23). The molecule has 3 rings (SSSR count). The third-order valence-electron chi connectivity index (χ3n) is 3.78. The van der Waals surface area contributed by atoms with Crippen molar-refractivity contribution in [1.29, 1.82) is 0 Å². The maximum atomic E-state index is 12.3. The third kappa shape index (κ3) is 4.05. The highest BCUT2D eigenvalue weighted by molar-refractivity contribution is 6.04. The second kappa shape index (κ2) is 7.48. The molecule has 0 aliphatic heterocycles. The molecular weight excluding hydrogens is 332 g/mol. The van der Waals surface area contributed by atoms with Crippen molar-refractivity contribution in [1.82, 2.24) is 0 Å². The SMILES string of the molecule is Cc1ccc(Oc2ccc([N+](=O)[O-])cc2)cc1NC(=O)c1ccccc1. The predicted molar refractivity (Wildman–Crippen MR) is 98.7 cm³/mol. The average molecular weight is 348 g/mol. The molecule has 0 aliphatic rings. The van der Waals surface area contributed by atoms with E-state index in [1.54, 1.807) is 36.4 Å². The molecule has 0 bridgehead atoms. The van der Waals surface area contributed by atoms with Gasteiger partial charge in [0.05, 0.1) is 4.92 Å². The molecule has 1 N–H and O–H groups in total. The Morgan fingerprint density at radius 3 is 2.27 bits per heavy atom. The Labute approximate surface area is 150 Å². The van der Waals surface area contributed by atoms with Crippen LogP contribution in [0.15, 0.2) is 72.8 Å². The Morgan fingerprint density at radius 1 is 0.962 bits per heavy atom. The van der Waals surface area contributed by atoms with Gasteiger partial charge in [-0.25, -0.2) is 0 Å². The molecule has 0 spiro atoms. The maximum absolute atomic E-state index is 12.3. The van der Waals surface area contributed by atoms with Crippen LogP contribution in [-0.4, -0.2) is 10.8 Å². The van der Waals surface area contributed by atoms with Gasteiger partial charge in [0.15, 0.2) is 0 Å². The zero-order valence-corrected chi connectivity index (χ0v) is 14.0. The zero-order chi connectivity index (χ0) is 18.5. The van der Waals surface area contributed by atoms with Crippen molar-refractivity contribution in [2.24, 2.45) is 0 Å². The van der Waals surface area contributed by atoms with Gasteiger partial charge in [0.25, 0.3) is 11.6 Å². The summed E-state index contributed by atoms with van der Waals surface area (Å²) in [5.74, 6) is 0.786. The van der Waals surface area contributed by atoms with Crippen molar-refractivity contribution in [3.63, 3.8) is 0 Å². The number of hydrogen-bond acceptors (Lipinski definition) is 4. The minimum atomic E-state index is -0.465. The number of nitro groups is 1. The van der Waals surface area contributed by atoms with Gasteiger partial charge in [-0.05, 0) is 42.8 Å². The second-order valence-corrected chi connectivity index (χ2v) is 5.65. The Kier molecular flexibility index (Phi) is 4.94. The minimum absolute atomic E-state index is 0.00271. The topological polar surface area (TPSA) is 81.5 Å². The van der Waals surface area contributed by atoms with E-state index in [1.165, 1.54) is 24.3 Å². The first-order chi connectivity index (χ1) is 12.5. The highest BCUT2D eigenvalue weighted by atomic mass is 16.6. The summed E-state index contributed by atoms with van der Waals surface area (Å²) in [6, 6.07) is 20.1.